The molecule has 7 aromatic carbocycles. The number of non-ortho nitro benzene ring substituents is 1. The monoisotopic (exact) mass is 952 g/mol. The molecule has 9 nitrogen and oxygen atoms in total. The molecule has 1 aliphatic heterocycles. The maximum Gasteiger partial charge on any atom is 0.356 e. The van der Waals surface area contributed by atoms with Crippen molar-refractivity contribution in [3.63, 3.8) is 0 Å². The van der Waals surface area contributed by atoms with Gasteiger partial charge in [-0.15, -0.1) is 11.8 Å². The van der Waals surface area contributed by atoms with E-state index in [1.54, 1.807) is 17.0 Å². The highest BCUT2D eigenvalue weighted by atomic mass is 32.2. The zero-order valence-corrected chi connectivity index (χ0v) is 39.3. The number of thioether (sulfide) groups is 1. The van der Waals surface area contributed by atoms with E-state index in [1.165, 1.54) is 42.2 Å². The second-order valence-corrected chi connectivity index (χ2v) is 21.5. The van der Waals surface area contributed by atoms with Crippen LogP contribution in [0.15, 0.2) is 223 Å². The van der Waals surface area contributed by atoms with E-state index in [9.17, 15) is 14.9 Å². The number of rotatable bonds is 16. The van der Waals surface area contributed by atoms with Gasteiger partial charge in [0.25, 0.3) is 5.69 Å². The van der Waals surface area contributed by atoms with E-state index in [0.29, 0.717) is 11.1 Å². The molecular formula is C56H45N2O7PS2. The average Bonchev–Trinajstić information content (AvgIpc) is 3.94. The van der Waals surface area contributed by atoms with E-state index in [-0.39, 0.29) is 17.7 Å². The van der Waals surface area contributed by atoms with Crippen molar-refractivity contribution < 1.29 is 28.8 Å². The first kappa shape index (κ1) is 45.8. The fourth-order valence-electron chi connectivity index (χ4n) is 9.08. The molecule has 0 aliphatic carbocycles. The molecule has 0 N–H and O–H groups in total. The smallest absolute Gasteiger partial charge is 0.356 e. The lowest BCUT2D eigenvalue weighted by molar-refractivity contribution is -0.384. The summed E-state index contributed by atoms with van der Waals surface area (Å²) in [5.41, 5.74) is 4.01. The Kier molecular flexibility index (Phi) is 13.7. The fraction of sp³-hybridized carbons (Fsp3) is 0.107. The molecule has 0 bridgehead atoms. The van der Waals surface area contributed by atoms with E-state index in [2.05, 4.69) is 36.4 Å². The third kappa shape index (κ3) is 8.72. The molecule has 2 heterocycles. The lowest BCUT2D eigenvalue weighted by atomic mass is 9.84. The van der Waals surface area contributed by atoms with Gasteiger partial charge in [-0.25, -0.2) is 4.79 Å². The summed E-state index contributed by atoms with van der Waals surface area (Å²) in [5, 5.41) is 16.9. The summed E-state index contributed by atoms with van der Waals surface area (Å²) in [6.45, 7) is -2.34. The molecule has 0 saturated carbocycles. The number of β-lactam (4-membered cyclic amide) rings is 1. The summed E-state index contributed by atoms with van der Waals surface area (Å²) >= 11 is 2.95. The van der Waals surface area contributed by atoms with E-state index in [0.717, 1.165) is 32.6 Å². The van der Waals surface area contributed by atoms with Crippen LogP contribution in [0.3, 0.4) is 0 Å². The molecule has 68 heavy (non-hydrogen) atoms. The number of ether oxygens (including phenoxy) is 2. The molecule has 8 aromatic rings. The molecule has 9 rings (SSSR count). The van der Waals surface area contributed by atoms with Crippen LogP contribution in [-0.2, 0) is 35.2 Å². The number of nitro groups is 1. The quantitative estimate of drug-likeness (QED) is 0.0235. The van der Waals surface area contributed by atoms with Crippen molar-refractivity contribution in [2.24, 2.45) is 5.92 Å². The van der Waals surface area contributed by atoms with Crippen LogP contribution in [0.5, 0.6) is 0 Å². The number of benzene rings is 7. The Balaban J connectivity index is 1.38. The molecule has 12 heteroatoms. The van der Waals surface area contributed by atoms with Crippen molar-refractivity contribution in [3.05, 3.63) is 261 Å². The van der Waals surface area contributed by atoms with Gasteiger partial charge in [0.1, 0.15) is 29.4 Å². The maximum atomic E-state index is 16.1. The number of carbonyl (C=O) groups excluding carboxylic acids is 3. The average molecular weight is 953 g/mol. The predicted octanol–water partition coefficient (Wildman–Crippen LogP) is 10.6. The van der Waals surface area contributed by atoms with Gasteiger partial charge >= 0.3 is 11.9 Å². The van der Waals surface area contributed by atoms with Crippen molar-refractivity contribution in [2.45, 2.75) is 29.8 Å². The number of nitro benzene ring substituents is 1. The van der Waals surface area contributed by atoms with Gasteiger partial charge in [-0.2, -0.15) is 11.3 Å². The Morgan fingerprint density at radius 3 is 1.51 bits per heavy atom. The standard InChI is InChI=1S/C56H45N2O7PS2/c1-40(59)65-51(42-36-37-67-39-42)50-52(60)57(54(50)68-56(43-20-8-2-9-21-43,44-22-10-3-11-23-44)45-24-12-4-13-25-45)53(55(61)64-38-41-32-34-46(35-33-41)58(62)63)66(47-26-14-5-15-27-47,48-28-16-6-17-29-48)49-30-18-7-19-31-49/h2-37,39,50-51,54H,38H2,1H3. The highest BCUT2D eigenvalue weighted by molar-refractivity contribution is 8.01. The van der Waals surface area contributed by atoms with Crippen LogP contribution in [0, 0.1) is 16.0 Å². The Labute approximate surface area is 403 Å². The summed E-state index contributed by atoms with van der Waals surface area (Å²) in [5.74, 6) is -2.70. The van der Waals surface area contributed by atoms with Crippen LogP contribution in [0.25, 0.3) is 0 Å². The van der Waals surface area contributed by atoms with Crippen LogP contribution in [0.4, 0.5) is 5.69 Å². The van der Waals surface area contributed by atoms with Crippen LogP contribution in [0.2, 0.25) is 0 Å². The molecule has 3 atom stereocenters. The minimum atomic E-state index is -3.44. The van der Waals surface area contributed by atoms with Crippen molar-refractivity contribution >= 4 is 74.8 Å². The molecule has 338 valence electrons. The largest absolute Gasteiger partial charge is 0.457 e. The third-order valence-corrected chi connectivity index (χ3v) is 18.8. The first-order valence-corrected chi connectivity index (χ1v) is 25.5. The number of hydrogen-bond donors (Lipinski definition) is 0. The number of thiophene rings is 1. The summed E-state index contributed by atoms with van der Waals surface area (Å²) in [7, 11) is 0. The zero-order valence-electron chi connectivity index (χ0n) is 36.8. The van der Waals surface area contributed by atoms with Gasteiger partial charge in [-0.1, -0.05) is 182 Å². The van der Waals surface area contributed by atoms with E-state index in [1.807, 2.05) is 162 Å². The van der Waals surface area contributed by atoms with Gasteiger partial charge in [-0.05, 0) is 67.1 Å². The number of amides is 1. The first-order chi connectivity index (χ1) is 33.2. The minimum Gasteiger partial charge on any atom is -0.457 e. The molecule has 1 aliphatic rings. The molecule has 1 amide bonds. The van der Waals surface area contributed by atoms with Crippen molar-refractivity contribution in [3.8, 4) is 0 Å². The molecule has 1 fully saturated rings. The third-order valence-electron chi connectivity index (χ3n) is 12.1. The first-order valence-electron chi connectivity index (χ1n) is 21.9. The highest BCUT2D eigenvalue weighted by Crippen LogP contribution is 2.59. The molecule has 0 radical (unpaired) electrons. The van der Waals surface area contributed by atoms with Crippen LogP contribution in [0.1, 0.15) is 40.8 Å². The summed E-state index contributed by atoms with van der Waals surface area (Å²) < 4.78 is 11.6. The summed E-state index contributed by atoms with van der Waals surface area (Å²) in [4.78, 5) is 58.1. The highest BCUT2D eigenvalue weighted by Gasteiger charge is 2.60. The van der Waals surface area contributed by atoms with Gasteiger partial charge in [-0.3, -0.25) is 24.6 Å². The lowest BCUT2D eigenvalue weighted by Gasteiger charge is -2.53. The van der Waals surface area contributed by atoms with Crippen molar-refractivity contribution in [1.82, 2.24) is 4.90 Å². The fourth-order valence-corrected chi connectivity index (χ4v) is 16.1. The van der Waals surface area contributed by atoms with Gasteiger partial charge in [0.05, 0.1) is 9.67 Å². The Morgan fingerprint density at radius 2 is 1.12 bits per heavy atom. The zero-order chi connectivity index (χ0) is 47.1. The molecule has 0 spiro atoms. The van der Waals surface area contributed by atoms with Gasteiger partial charge in [0.15, 0.2) is 0 Å². The topological polar surface area (TPSA) is 116 Å². The van der Waals surface area contributed by atoms with Gasteiger partial charge in [0.2, 0.25) is 5.91 Å². The predicted molar refractivity (Wildman–Crippen MR) is 273 cm³/mol. The van der Waals surface area contributed by atoms with Crippen molar-refractivity contribution in [2.75, 3.05) is 0 Å². The van der Waals surface area contributed by atoms with Crippen molar-refractivity contribution in [1.29, 1.82) is 0 Å². The number of nitrogens with zero attached hydrogens (tertiary/aromatic N) is 2. The Bertz CT molecular complexity index is 2870. The van der Waals surface area contributed by atoms with Gasteiger partial charge in [0, 0.05) is 31.5 Å². The molecular weight excluding hydrogens is 908 g/mol. The van der Waals surface area contributed by atoms with Crippen LogP contribution < -0.4 is 15.9 Å². The Morgan fingerprint density at radius 1 is 0.676 bits per heavy atom. The lowest BCUT2D eigenvalue weighted by Crippen LogP contribution is -2.67. The van der Waals surface area contributed by atoms with Gasteiger partial charge < -0.3 is 9.47 Å². The summed E-state index contributed by atoms with van der Waals surface area (Å²) in [6, 6.07) is 67.4. The molecule has 3 unspecified atom stereocenters. The maximum absolute atomic E-state index is 16.1. The minimum absolute atomic E-state index is 0.0988. The van der Waals surface area contributed by atoms with E-state index < -0.39 is 51.8 Å². The number of likely N-dealkylation sites (tertiary alicyclic amines) is 1. The van der Waals surface area contributed by atoms with Crippen LogP contribution >= 0.6 is 30.0 Å². The second kappa shape index (κ2) is 20.3. The second-order valence-electron chi connectivity index (χ2n) is 16.1. The number of carbonyl (C=O) groups is 3. The molecule has 1 saturated heterocycles. The number of hydrogen-bond acceptors (Lipinski definition) is 9. The number of esters is 2. The van der Waals surface area contributed by atoms with E-state index >= 15 is 9.59 Å². The molecule has 1 aromatic heterocycles. The SMILES string of the molecule is CC(=O)OC(c1ccsc1)C1C(=O)N(C(C(=O)OCc2ccc([N+](=O)[O-])cc2)=P(c2ccccc2)(c2ccccc2)c2ccccc2)C1SC(c1ccccc1)(c1ccccc1)c1ccccc1. The van der Waals surface area contributed by atoms with E-state index in [4.69, 9.17) is 9.47 Å². The normalized spacial score (nSPS) is 15.1. The summed E-state index contributed by atoms with van der Waals surface area (Å²) in [6.07, 6.45) is -1.02. The van der Waals surface area contributed by atoms with Crippen LogP contribution in [-0.4, -0.2) is 38.5 Å². The Hall–Kier alpha value is -7.30.